The van der Waals surface area contributed by atoms with Crippen LogP contribution in [0, 0.1) is 0 Å². The van der Waals surface area contributed by atoms with Gasteiger partial charge in [-0.3, -0.25) is 9.59 Å². The van der Waals surface area contributed by atoms with E-state index in [1.807, 2.05) is 0 Å². The molecule has 0 aromatic heterocycles. The molecule has 2 rings (SSSR count). The monoisotopic (exact) mass is 1050 g/mol. The van der Waals surface area contributed by atoms with Crippen LogP contribution in [-0.2, 0) is 38.0 Å². The van der Waals surface area contributed by atoms with Crippen LogP contribution >= 0.6 is 0 Å². The summed E-state index contributed by atoms with van der Waals surface area (Å²) in [7, 11) is 0. The Bertz CT molecular complexity index is 1430. The van der Waals surface area contributed by atoms with Crippen molar-refractivity contribution in [3.05, 3.63) is 36.5 Å². The smallest absolute Gasteiger partial charge is 0.306 e. The van der Waals surface area contributed by atoms with E-state index in [-0.39, 0.29) is 19.4 Å². The Morgan fingerprint density at radius 1 is 0.419 bits per heavy atom. The Labute approximate surface area is 446 Å². The van der Waals surface area contributed by atoms with Gasteiger partial charge in [0.2, 0.25) is 0 Å². The number of hydrogen-bond acceptors (Lipinski definition) is 15. The van der Waals surface area contributed by atoms with E-state index in [0.717, 1.165) is 57.8 Å². The summed E-state index contributed by atoms with van der Waals surface area (Å²) in [5, 5.41) is 72.2. The van der Waals surface area contributed by atoms with Gasteiger partial charge >= 0.3 is 11.9 Å². The van der Waals surface area contributed by atoms with Crippen molar-refractivity contribution in [2.75, 3.05) is 26.4 Å². The van der Waals surface area contributed by atoms with Gasteiger partial charge in [-0.25, -0.2) is 0 Å². The van der Waals surface area contributed by atoms with Crippen molar-refractivity contribution in [3.8, 4) is 0 Å². The van der Waals surface area contributed by atoms with Gasteiger partial charge in [0.15, 0.2) is 18.7 Å². The lowest BCUT2D eigenvalue weighted by atomic mass is 9.98. The number of aliphatic hydroxyl groups is 7. The molecule has 0 bridgehead atoms. The van der Waals surface area contributed by atoms with Gasteiger partial charge in [0, 0.05) is 12.8 Å². The zero-order valence-corrected chi connectivity index (χ0v) is 46.1. The van der Waals surface area contributed by atoms with Gasteiger partial charge in [-0.1, -0.05) is 185 Å². The van der Waals surface area contributed by atoms with Gasteiger partial charge in [-0.05, 0) is 70.6 Å². The van der Waals surface area contributed by atoms with Gasteiger partial charge in [-0.15, -0.1) is 0 Å². The first-order valence-corrected chi connectivity index (χ1v) is 29.6. The molecule has 0 aromatic rings. The van der Waals surface area contributed by atoms with Crippen LogP contribution in [0.1, 0.15) is 232 Å². The molecule has 0 aliphatic carbocycles. The lowest BCUT2D eigenvalue weighted by molar-refractivity contribution is -0.332. The van der Waals surface area contributed by atoms with Crippen LogP contribution in [0.5, 0.6) is 0 Å². The molecule has 2 aliphatic rings. The van der Waals surface area contributed by atoms with Crippen molar-refractivity contribution in [2.24, 2.45) is 0 Å². The molecule has 2 saturated heterocycles. The van der Waals surface area contributed by atoms with Crippen molar-refractivity contribution < 1.29 is 73.8 Å². The number of hydrogen-bond donors (Lipinski definition) is 7. The lowest BCUT2D eigenvalue weighted by Crippen LogP contribution is -2.61. The number of rotatable bonds is 47. The molecule has 0 amide bonds. The third kappa shape index (κ3) is 32.5. The van der Waals surface area contributed by atoms with Gasteiger partial charge in [0.05, 0.1) is 19.8 Å². The highest BCUT2D eigenvalue weighted by molar-refractivity contribution is 5.70. The van der Waals surface area contributed by atoms with Gasteiger partial charge in [0.1, 0.15) is 55.4 Å². The molecule has 432 valence electrons. The standard InChI is InChI=1S/C59H106O15/c1-3-5-7-9-11-13-15-17-19-20-21-22-23-24-25-26-28-29-31-33-35-37-39-41-50(61)69-44-47(72-51(62)42-40-38-36-34-32-30-27-18-16-14-12-10-8-6-4-2)45-70-58-57(68)55(66)53(64)49(74-58)46-71-59-56(67)54(65)52(63)48(43-60)73-59/h18,26-28,33,35,47-49,52-60,63-68H,3-17,19-25,29-32,34,36-46H2,1-2H3/b27-18+,28-26+,35-33+/t47-,48+,49+,52-,53-,54?,55?,56?,57?,58+,59+/m0/s1. The van der Waals surface area contributed by atoms with Gasteiger partial charge in [0.25, 0.3) is 0 Å². The predicted molar refractivity (Wildman–Crippen MR) is 289 cm³/mol. The highest BCUT2D eigenvalue weighted by Gasteiger charge is 2.47. The first-order valence-electron chi connectivity index (χ1n) is 29.6. The third-order valence-electron chi connectivity index (χ3n) is 14.1. The SMILES string of the molecule is CCCCCCCC/C=C/CCCCCCCC(=O)O[C@@H](COC(=O)CCC/C=C/CC/C=C/CCCCCCCCCCCCCCCC)CO[C@@H]1O[C@H](CO[C@@H]2O[C@H](CO)[C@H](O)C(O)C2O)[C@H](O)C(O)C1O. The van der Waals surface area contributed by atoms with Crippen LogP contribution < -0.4 is 0 Å². The Kier molecular flexibility index (Phi) is 41.9. The maximum atomic E-state index is 13.0. The molecule has 15 heteroatoms. The molecule has 0 aromatic carbocycles. The minimum Gasteiger partial charge on any atom is -0.462 e. The highest BCUT2D eigenvalue weighted by Crippen LogP contribution is 2.27. The van der Waals surface area contributed by atoms with Crippen molar-refractivity contribution in [1.29, 1.82) is 0 Å². The molecule has 7 N–H and O–H groups in total. The molecule has 0 saturated carbocycles. The second-order valence-electron chi connectivity index (χ2n) is 20.8. The number of carbonyl (C=O) groups excluding carboxylic acids is 2. The molecular formula is C59H106O15. The third-order valence-corrected chi connectivity index (χ3v) is 14.1. The summed E-state index contributed by atoms with van der Waals surface area (Å²) >= 11 is 0. The summed E-state index contributed by atoms with van der Waals surface area (Å²) in [6.45, 7) is 2.57. The number of ether oxygens (including phenoxy) is 6. The maximum absolute atomic E-state index is 13.0. The summed E-state index contributed by atoms with van der Waals surface area (Å²) in [6.07, 6.45) is 34.7. The summed E-state index contributed by atoms with van der Waals surface area (Å²) in [4.78, 5) is 25.8. The number of aliphatic hydroxyl groups excluding tert-OH is 7. The normalized spacial score (nSPS) is 24.9. The van der Waals surface area contributed by atoms with Crippen LogP contribution in [0.15, 0.2) is 36.5 Å². The molecule has 2 fully saturated rings. The number of carbonyl (C=O) groups is 2. The molecular weight excluding hydrogens is 949 g/mol. The lowest BCUT2D eigenvalue weighted by Gasteiger charge is -2.42. The molecule has 4 unspecified atom stereocenters. The Balaban J connectivity index is 1.75. The average Bonchev–Trinajstić information content (AvgIpc) is 3.39. The minimum absolute atomic E-state index is 0.148. The van der Waals surface area contributed by atoms with Gasteiger partial charge in [-0.2, -0.15) is 0 Å². The van der Waals surface area contributed by atoms with Crippen molar-refractivity contribution >= 4 is 11.9 Å². The topological polar surface area (TPSA) is 231 Å². The average molecular weight is 1060 g/mol. The Morgan fingerprint density at radius 3 is 1.27 bits per heavy atom. The van der Waals surface area contributed by atoms with Crippen LogP contribution in [-0.4, -0.2) is 142 Å². The van der Waals surface area contributed by atoms with Crippen molar-refractivity contribution in [1.82, 2.24) is 0 Å². The Morgan fingerprint density at radius 2 is 0.797 bits per heavy atom. The van der Waals surface area contributed by atoms with Crippen molar-refractivity contribution in [2.45, 2.75) is 300 Å². The molecule has 15 nitrogen and oxygen atoms in total. The van der Waals surface area contributed by atoms with E-state index < -0.39 is 99.3 Å². The largest absolute Gasteiger partial charge is 0.462 e. The van der Waals surface area contributed by atoms with E-state index in [0.29, 0.717) is 19.3 Å². The van der Waals surface area contributed by atoms with Crippen LogP contribution in [0.2, 0.25) is 0 Å². The highest BCUT2D eigenvalue weighted by atomic mass is 16.7. The van der Waals surface area contributed by atoms with E-state index >= 15 is 0 Å². The molecule has 2 aliphatic heterocycles. The first-order chi connectivity index (χ1) is 36.0. The zero-order chi connectivity index (χ0) is 53.9. The maximum Gasteiger partial charge on any atom is 0.306 e. The zero-order valence-electron chi connectivity index (χ0n) is 46.1. The van der Waals surface area contributed by atoms with E-state index in [2.05, 4.69) is 50.3 Å². The van der Waals surface area contributed by atoms with Gasteiger partial charge < -0.3 is 64.2 Å². The summed E-state index contributed by atoms with van der Waals surface area (Å²) in [5.74, 6) is -0.977. The number of esters is 2. The predicted octanol–water partition coefficient (Wildman–Crippen LogP) is 10.1. The molecule has 0 spiro atoms. The summed E-state index contributed by atoms with van der Waals surface area (Å²) in [5.41, 5.74) is 0. The Hall–Kier alpha value is -2.28. The van der Waals surface area contributed by atoms with Crippen LogP contribution in [0.4, 0.5) is 0 Å². The van der Waals surface area contributed by atoms with Crippen LogP contribution in [0.25, 0.3) is 0 Å². The fourth-order valence-corrected chi connectivity index (χ4v) is 9.23. The second-order valence-corrected chi connectivity index (χ2v) is 20.8. The number of unbranched alkanes of at least 4 members (excludes halogenated alkanes) is 27. The van der Waals surface area contributed by atoms with E-state index in [1.165, 1.54) is 128 Å². The summed E-state index contributed by atoms with van der Waals surface area (Å²) < 4.78 is 33.6. The minimum atomic E-state index is -1.77. The quantitative estimate of drug-likeness (QED) is 0.0171. The fourth-order valence-electron chi connectivity index (χ4n) is 9.23. The molecule has 11 atom stereocenters. The van der Waals surface area contributed by atoms with E-state index in [4.69, 9.17) is 28.4 Å². The molecule has 0 radical (unpaired) electrons. The molecule has 74 heavy (non-hydrogen) atoms. The van der Waals surface area contributed by atoms with E-state index in [1.54, 1.807) is 0 Å². The van der Waals surface area contributed by atoms with Crippen LogP contribution in [0.3, 0.4) is 0 Å². The van der Waals surface area contributed by atoms with E-state index in [9.17, 15) is 45.3 Å². The summed E-state index contributed by atoms with van der Waals surface area (Å²) in [6, 6.07) is 0. The first kappa shape index (κ1) is 67.8. The molecule has 2 heterocycles. The number of allylic oxidation sites excluding steroid dienone is 6. The van der Waals surface area contributed by atoms with Crippen molar-refractivity contribution in [3.63, 3.8) is 0 Å². The fraction of sp³-hybridized carbons (Fsp3) is 0.864. The second kappa shape index (κ2) is 45.7.